The molecule has 6 nitrogen and oxygen atoms in total. The Balaban J connectivity index is 2.12. The summed E-state index contributed by atoms with van der Waals surface area (Å²) < 4.78 is 5.56. The molecule has 0 saturated carbocycles. The zero-order chi connectivity index (χ0) is 13.8. The third-order valence-electron chi connectivity index (χ3n) is 2.62. The smallest absolute Gasteiger partial charge is 0.239 e. The van der Waals surface area contributed by atoms with E-state index in [1.54, 1.807) is 12.3 Å². The summed E-state index contributed by atoms with van der Waals surface area (Å²) in [5, 5.41) is 9.99. The average molecular weight is 261 g/mol. The van der Waals surface area contributed by atoms with Crippen molar-refractivity contribution in [3.8, 4) is 5.88 Å². The van der Waals surface area contributed by atoms with Crippen LogP contribution in [0.4, 0.5) is 11.5 Å². The number of nitrogen functional groups attached to an aromatic ring is 1. The molecule has 1 unspecified atom stereocenters. The number of ether oxygens (including phenoxy) is 1. The van der Waals surface area contributed by atoms with E-state index in [-0.39, 0.29) is 12.1 Å². The van der Waals surface area contributed by atoms with Crippen molar-refractivity contribution >= 4 is 11.5 Å². The van der Waals surface area contributed by atoms with E-state index in [1.807, 2.05) is 33.0 Å². The lowest BCUT2D eigenvalue weighted by atomic mass is 10.2. The van der Waals surface area contributed by atoms with Crippen molar-refractivity contribution in [1.82, 2.24) is 15.2 Å². The number of anilines is 2. The third kappa shape index (κ3) is 3.37. The first-order valence-corrected chi connectivity index (χ1v) is 6.24. The van der Waals surface area contributed by atoms with E-state index in [2.05, 4.69) is 20.5 Å². The number of hydrogen-bond acceptors (Lipinski definition) is 5. The van der Waals surface area contributed by atoms with Crippen LogP contribution in [0, 0.1) is 0 Å². The van der Waals surface area contributed by atoms with Crippen LogP contribution in [0.1, 0.15) is 32.4 Å². The molecule has 1 atom stereocenters. The maximum atomic E-state index is 5.83. The van der Waals surface area contributed by atoms with Gasteiger partial charge >= 0.3 is 0 Å². The summed E-state index contributed by atoms with van der Waals surface area (Å²) in [4.78, 5) is 4.37. The van der Waals surface area contributed by atoms with Crippen molar-refractivity contribution in [2.45, 2.75) is 32.9 Å². The number of H-pyrrole nitrogens is 1. The summed E-state index contributed by atoms with van der Waals surface area (Å²) in [6, 6.07) is 3.72. The van der Waals surface area contributed by atoms with Crippen molar-refractivity contribution in [1.29, 1.82) is 0 Å². The molecule has 2 aromatic rings. The predicted octanol–water partition coefficient (Wildman–Crippen LogP) is 2.35. The predicted molar refractivity (Wildman–Crippen MR) is 75.0 cm³/mol. The Hall–Kier alpha value is -2.24. The van der Waals surface area contributed by atoms with Crippen molar-refractivity contribution in [3.63, 3.8) is 0 Å². The number of rotatable bonds is 5. The fourth-order valence-corrected chi connectivity index (χ4v) is 1.65. The molecule has 0 saturated heterocycles. The molecule has 6 heteroatoms. The highest BCUT2D eigenvalue weighted by atomic mass is 16.5. The highest BCUT2D eigenvalue weighted by Gasteiger charge is 2.10. The molecule has 0 radical (unpaired) electrons. The van der Waals surface area contributed by atoms with Gasteiger partial charge in [-0.25, -0.2) is 0 Å². The number of nitrogens with two attached hydrogens (primary N) is 1. The Morgan fingerprint density at radius 3 is 2.74 bits per heavy atom. The maximum Gasteiger partial charge on any atom is 0.239 e. The quantitative estimate of drug-likeness (QED) is 0.768. The first-order valence-electron chi connectivity index (χ1n) is 6.24. The Morgan fingerprint density at radius 1 is 1.32 bits per heavy atom. The van der Waals surface area contributed by atoms with Crippen LogP contribution in [0.2, 0.25) is 0 Å². The summed E-state index contributed by atoms with van der Waals surface area (Å²) in [6.45, 7) is 5.91. The number of hydrogen-bond donors (Lipinski definition) is 3. The van der Waals surface area contributed by atoms with Crippen LogP contribution in [0.5, 0.6) is 5.88 Å². The minimum absolute atomic E-state index is 0.0383. The number of pyridine rings is 1. The van der Waals surface area contributed by atoms with Crippen LogP contribution in [0.3, 0.4) is 0 Å². The second kappa shape index (κ2) is 5.60. The van der Waals surface area contributed by atoms with Gasteiger partial charge in [0.05, 0.1) is 24.0 Å². The summed E-state index contributed by atoms with van der Waals surface area (Å²) >= 11 is 0. The SMILES string of the molecule is CC(C)Oc1nc(NC(C)c2cn[nH]c2)ccc1N. The van der Waals surface area contributed by atoms with E-state index in [0.29, 0.717) is 11.6 Å². The molecule has 0 aliphatic rings. The second-order valence-electron chi connectivity index (χ2n) is 4.66. The molecule has 0 aliphatic heterocycles. The Kier molecular flexibility index (Phi) is 3.89. The van der Waals surface area contributed by atoms with Crippen LogP contribution in [-0.4, -0.2) is 21.3 Å². The highest BCUT2D eigenvalue weighted by Crippen LogP contribution is 2.24. The maximum absolute atomic E-state index is 5.83. The Morgan fingerprint density at radius 2 is 2.11 bits per heavy atom. The van der Waals surface area contributed by atoms with Gasteiger partial charge in [0.1, 0.15) is 5.82 Å². The van der Waals surface area contributed by atoms with Crippen molar-refractivity contribution in [3.05, 3.63) is 30.1 Å². The first kappa shape index (κ1) is 13.2. The number of aromatic amines is 1. The first-order chi connectivity index (χ1) is 9.06. The molecular formula is C13H19N5O. The number of nitrogens with zero attached hydrogens (tertiary/aromatic N) is 2. The second-order valence-corrected chi connectivity index (χ2v) is 4.66. The average Bonchev–Trinajstić information content (AvgIpc) is 2.86. The molecule has 0 fully saturated rings. The summed E-state index contributed by atoms with van der Waals surface area (Å²) in [7, 11) is 0. The minimum Gasteiger partial charge on any atom is -0.473 e. The van der Waals surface area contributed by atoms with Crippen molar-refractivity contribution < 1.29 is 4.74 Å². The van der Waals surface area contributed by atoms with Gasteiger partial charge in [-0.2, -0.15) is 10.1 Å². The lowest BCUT2D eigenvalue weighted by molar-refractivity contribution is 0.234. The van der Waals surface area contributed by atoms with Gasteiger partial charge < -0.3 is 15.8 Å². The van der Waals surface area contributed by atoms with Crippen molar-refractivity contribution in [2.24, 2.45) is 0 Å². The Labute approximate surface area is 112 Å². The van der Waals surface area contributed by atoms with Gasteiger partial charge in [-0.15, -0.1) is 0 Å². The zero-order valence-electron chi connectivity index (χ0n) is 11.3. The summed E-state index contributed by atoms with van der Waals surface area (Å²) in [5.41, 5.74) is 7.43. The molecule has 4 N–H and O–H groups in total. The van der Waals surface area contributed by atoms with Crippen LogP contribution < -0.4 is 15.8 Å². The van der Waals surface area contributed by atoms with E-state index in [1.165, 1.54) is 0 Å². The standard InChI is InChI=1S/C13H19N5O/c1-8(2)19-13-11(14)4-5-12(18-13)17-9(3)10-6-15-16-7-10/h4-9H,14H2,1-3H3,(H,15,16)(H,17,18). The largest absolute Gasteiger partial charge is 0.473 e. The van der Waals surface area contributed by atoms with Crippen molar-refractivity contribution in [2.75, 3.05) is 11.1 Å². The van der Waals surface area contributed by atoms with Gasteiger partial charge in [-0.3, -0.25) is 5.10 Å². The minimum atomic E-state index is 0.0383. The van der Waals surface area contributed by atoms with Crippen LogP contribution in [-0.2, 0) is 0 Å². The lowest BCUT2D eigenvalue weighted by Crippen LogP contribution is -2.11. The third-order valence-corrected chi connectivity index (χ3v) is 2.62. The lowest BCUT2D eigenvalue weighted by Gasteiger charge is -2.15. The normalized spacial score (nSPS) is 12.4. The van der Waals surface area contributed by atoms with E-state index in [0.717, 1.165) is 11.4 Å². The van der Waals surface area contributed by atoms with E-state index in [9.17, 15) is 0 Å². The Bertz CT molecular complexity index is 524. The molecule has 2 aromatic heterocycles. The van der Waals surface area contributed by atoms with Gasteiger partial charge in [-0.1, -0.05) is 0 Å². The monoisotopic (exact) mass is 261 g/mol. The van der Waals surface area contributed by atoms with Gasteiger partial charge in [0, 0.05) is 11.8 Å². The molecular weight excluding hydrogens is 242 g/mol. The molecule has 0 spiro atoms. The summed E-state index contributed by atoms with van der Waals surface area (Å²) in [6.07, 6.45) is 3.66. The van der Waals surface area contributed by atoms with Gasteiger partial charge in [0.15, 0.2) is 0 Å². The molecule has 0 amide bonds. The molecule has 0 aromatic carbocycles. The highest BCUT2D eigenvalue weighted by molar-refractivity contribution is 5.54. The zero-order valence-corrected chi connectivity index (χ0v) is 11.3. The molecule has 0 bridgehead atoms. The fraction of sp³-hybridized carbons (Fsp3) is 0.385. The summed E-state index contributed by atoms with van der Waals surface area (Å²) in [5.74, 6) is 1.18. The van der Waals surface area contributed by atoms with Gasteiger partial charge in [0.2, 0.25) is 5.88 Å². The molecule has 102 valence electrons. The van der Waals surface area contributed by atoms with Crippen LogP contribution >= 0.6 is 0 Å². The van der Waals surface area contributed by atoms with Gasteiger partial charge in [-0.05, 0) is 32.9 Å². The van der Waals surface area contributed by atoms with Gasteiger partial charge in [0.25, 0.3) is 0 Å². The van der Waals surface area contributed by atoms with E-state index in [4.69, 9.17) is 10.5 Å². The molecule has 19 heavy (non-hydrogen) atoms. The molecule has 2 rings (SSSR count). The van der Waals surface area contributed by atoms with E-state index >= 15 is 0 Å². The number of nitrogens with one attached hydrogen (secondary N) is 2. The van der Waals surface area contributed by atoms with E-state index < -0.39 is 0 Å². The topological polar surface area (TPSA) is 88.8 Å². The van der Waals surface area contributed by atoms with Crippen LogP contribution in [0.15, 0.2) is 24.5 Å². The van der Waals surface area contributed by atoms with Crippen LogP contribution in [0.25, 0.3) is 0 Å². The number of aromatic nitrogens is 3. The molecule has 2 heterocycles. The fourth-order valence-electron chi connectivity index (χ4n) is 1.65. The molecule has 0 aliphatic carbocycles.